The first-order valence-electron chi connectivity index (χ1n) is 5.28. The van der Waals surface area contributed by atoms with Crippen LogP contribution in [0.1, 0.15) is 19.8 Å². The molecule has 3 heteroatoms. The molecule has 0 aromatic heterocycles. The molecule has 3 nitrogen and oxygen atoms in total. The standard InChI is InChI=1S/C10H19NO2/c1-8(11-10-6-13-7-10)9-2-4-12-5-3-9/h8-11H,2-7H2,1H3. The van der Waals surface area contributed by atoms with Crippen molar-refractivity contribution in [2.24, 2.45) is 5.92 Å². The summed E-state index contributed by atoms with van der Waals surface area (Å²) in [6.07, 6.45) is 2.42. The summed E-state index contributed by atoms with van der Waals surface area (Å²) in [4.78, 5) is 0. The number of nitrogens with one attached hydrogen (secondary N) is 1. The minimum Gasteiger partial charge on any atom is -0.381 e. The average molecular weight is 185 g/mol. The molecule has 0 amide bonds. The SMILES string of the molecule is CC(NC1COC1)C1CCOCC1. The van der Waals surface area contributed by atoms with E-state index in [1.165, 1.54) is 12.8 Å². The summed E-state index contributed by atoms with van der Waals surface area (Å²) in [7, 11) is 0. The van der Waals surface area contributed by atoms with Crippen molar-refractivity contribution in [1.82, 2.24) is 5.32 Å². The van der Waals surface area contributed by atoms with Crippen molar-refractivity contribution in [3.05, 3.63) is 0 Å². The zero-order chi connectivity index (χ0) is 9.10. The lowest BCUT2D eigenvalue weighted by atomic mass is 9.92. The fourth-order valence-corrected chi connectivity index (χ4v) is 2.06. The van der Waals surface area contributed by atoms with Gasteiger partial charge in [-0.3, -0.25) is 0 Å². The van der Waals surface area contributed by atoms with Crippen LogP contribution in [0.15, 0.2) is 0 Å². The van der Waals surface area contributed by atoms with Crippen molar-refractivity contribution < 1.29 is 9.47 Å². The van der Waals surface area contributed by atoms with Crippen molar-refractivity contribution in [1.29, 1.82) is 0 Å². The van der Waals surface area contributed by atoms with Gasteiger partial charge >= 0.3 is 0 Å². The minimum absolute atomic E-state index is 0.609. The monoisotopic (exact) mass is 185 g/mol. The highest BCUT2D eigenvalue weighted by atomic mass is 16.5. The lowest BCUT2D eigenvalue weighted by molar-refractivity contribution is -0.0179. The Morgan fingerprint density at radius 3 is 2.38 bits per heavy atom. The van der Waals surface area contributed by atoms with Crippen LogP contribution >= 0.6 is 0 Å². The molecule has 2 saturated heterocycles. The predicted molar refractivity (Wildman–Crippen MR) is 50.7 cm³/mol. The first-order valence-corrected chi connectivity index (χ1v) is 5.28. The third-order valence-corrected chi connectivity index (χ3v) is 3.11. The highest BCUT2D eigenvalue weighted by Gasteiger charge is 2.25. The summed E-state index contributed by atoms with van der Waals surface area (Å²) in [6.45, 7) is 5.96. The molecule has 0 radical (unpaired) electrons. The lowest BCUT2D eigenvalue weighted by Gasteiger charge is -2.35. The summed E-state index contributed by atoms with van der Waals surface area (Å²) in [5.41, 5.74) is 0. The quantitative estimate of drug-likeness (QED) is 0.705. The van der Waals surface area contributed by atoms with E-state index in [9.17, 15) is 0 Å². The fraction of sp³-hybridized carbons (Fsp3) is 1.00. The molecular weight excluding hydrogens is 166 g/mol. The minimum atomic E-state index is 0.609. The van der Waals surface area contributed by atoms with Gasteiger partial charge in [0.1, 0.15) is 0 Å². The zero-order valence-corrected chi connectivity index (χ0v) is 8.29. The van der Waals surface area contributed by atoms with Crippen LogP contribution < -0.4 is 5.32 Å². The van der Waals surface area contributed by atoms with Gasteiger partial charge in [-0.15, -0.1) is 0 Å². The van der Waals surface area contributed by atoms with Gasteiger partial charge in [-0.1, -0.05) is 0 Å². The molecule has 0 bridgehead atoms. The molecule has 76 valence electrons. The fourth-order valence-electron chi connectivity index (χ4n) is 2.06. The molecule has 1 atom stereocenters. The second kappa shape index (κ2) is 4.40. The Bertz CT molecular complexity index is 153. The Labute approximate surface area is 79.8 Å². The highest BCUT2D eigenvalue weighted by Crippen LogP contribution is 2.19. The smallest absolute Gasteiger partial charge is 0.0643 e. The van der Waals surface area contributed by atoms with Gasteiger partial charge in [0.2, 0.25) is 0 Å². The van der Waals surface area contributed by atoms with Crippen molar-refractivity contribution in [3.8, 4) is 0 Å². The molecule has 0 spiro atoms. The van der Waals surface area contributed by atoms with E-state index in [0.717, 1.165) is 32.3 Å². The van der Waals surface area contributed by atoms with Crippen LogP contribution in [-0.2, 0) is 9.47 Å². The maximum absolute atomic E-state index is 5.34. The normalized spacial score (nSPS) is 28.4. The van der Waals surface area contributed by atoms with Crippen molar-refractivity contribution in [3.63, 3.8) is 0 Å². The maximum atomic E-state index is 5.34. The molecule has 2 aliphatic rings. The molecule has 1 N–H and O–H groups in total. The molecule has 13 heavy (non-hydrogen) atoms. The Balaban J connectivity index is 1.70. The summed E-state index contributed by atoms with van der Waals surface area (Å²) < 4.78 is 10.5. The van der Waals surface area contributed by atoms with Crippen LogP contribution in [0.3, 0.4) is 0 Å². The average Bonchev–Trinajstić information content (AvgIpc) is 2.12. The second-order valence-corrected chi connectivity index (χ2v) is 4.14. The van der Waals surface area contributed by atoms with Crippen molar-refractivity contribution >= 4 is 0 Å². The first kappa shape index (κ1) is 9.44. The Kier molecular flexibility index (Phi) is 3.19. The van der Waals surface area contributed by atoms with E-state index in [1.807, 2.05) is 0 Å². The van der Waals surface area contributed by atoms with E-state index in [0.29, 0.717) is 12.1 Å². The molecule has 2 rings (SSSR count). The van der Waals surface area contributed by atoms with Crippen LogP contribution in [0.5, 0.6) is 0 Å². The van der Waals surface area contributed by atoms with E-state index >= 15 is 0 Å². The Morgan fingerprint density at radius 2 is 1.85 bits per heavy atom. The van der Waals surface area contributed by atoms with Crippen molar-refractivity contribution in [2.45, 2.75) is 31.8 Å². The molecule has 0 aromatic carbocycles. The van der Waals surface area contributed by atoms with Crippen LogP contribution in [-0.4, -0.2) is 38.5 Å². The van der Waals surface area contributed by atoms with E-state index in [1.54, 1.807) is 0 Å². The van der Waals surface area contributed by atoms with Gasteiger partial charge in [0.05, 0.1) is 19.3 Å². The van der Waals surface area contributed by atoms with Gasteiger partial charge in [0.25, 0.3) is 0 Å². The summed E-state index contributed by atoms with van der Waals surface area (Å²) in [6, 6.07) is 1.23. The van der Waals surface area contributed by atoms with Crippen molar-refractivity contribution in [2.75, 3.05) is 26.4 Å². The third-order valence-electron chi connectivity index (χ3n) is 3.11. The Hall–Kier alpha value is -0.120. The van der Waals surface area contributed by atoms with Crippen LogP contribution in [0.2, 0.25) is 0 Å². The molecule has 1 unspecified atom stereocenters. The largest absolute Gasteiger partial charge is 0.381 e. The molecule has 2 heterocycles. The third kappa shape index (κ3) is 2.42. The number of hydrogen-bond donors (Lipinski definition) is 1. The Morgan fingerprint density at radius 1 is 1.15 bits per heavy atom. The molecule has 2 fully saturated rings. The summed E-state index contributed by atoms with van der Waals surface area (Å²) >= 11 is 0. The second-order valence-electron chi connectivity index (χ2n) is 4.14. The number of rotatable bonds is 3. The van der Waals surface area contributed by atoms with Gasteiger partial charge < -0.3 is 14.8 Å². The van der Waals surface area contributed by atoms with Crippen LogP contribution in [0.25, 0.3) is 0 Å². The molecule has 2 aliphatic heterocycles. The molecular formula is C10H19NO2. The molecule has 0 aromatic rings. The molecule has 0 aliphatic carbocycles. The van der Waals surface area contributed by atoms with Gasteiger partial charge in [0.15, 0.2) is 0 Å². The lowest BCUT2D eigenvalue weighted by Crippen LogP contribution is -2.52. The highest BCUT2D eigenvalue weighted by molar-refractivity contribution is 4.81. The van der Waals surface area contributed by atoms with Crippen LogP contribution in [0, 0.1) is 5.92 Å². The first-order chi connectivity index (χ1) is 6.36. The number of ether oxygens (including phenoxy) is 2. The van der Waals surface area contributed by atoms with Gasteiger partial charge in [-0.25, -0.2) is 0 Å². The van der Waals surface area contributed by atoms with Gasteiger partial charge in [-0.05, 0) is 25.7 Å². The summed E-state index contributed by atoms with van der Waals surface area (Å²) in [5, 5.41) is 3.61. The maximum Gasteiger partial charge on any atom is 0.0643 e. The topological polar surface area (TPSA) is 30.5 Å². The van der Waals surface area contributed by atoms with E-state index in [4.69, 9.17) is 9.47 Å². The molecule has 0 saturated carbocycles. The van der Waals surface area contributed by atoms with Crippen LogP contribution in [0.4, 0.5) is 0 Å². The van der Waals surface area contributed by atoms with Gasteiger partial charge in [-0.2, -0.15) is 0 Å². The predicted octanol–water partition coefficient (Wildman–Crippen LogP) is 0.790. The summed E-state index contributed by atoms with van der Waals surface area (Å²) in [5.74, 6) is 0.800. The van der Waals surface area contributed by atoms with E-state index < -0.39 is 0 Å². The zero-order valence-electron chi connectivity index (χ0n) is 8.29. The van der Waals surface area contributed by atoms with Gasteiger partial charge in [0, 0.05) is 19.3 Å². The van der Waals surface area contributed by atoms with E-state index in [-0.39, 0.29) is 0 Å². The van der Waals surface area contributed by atoms with E-state index in [2.05, 4.69) is 12.2 Å². The number of hydrogen-bond acceptors (Lipinski definition) is 3.